The third-order valence-electron chi connectivity index (χ3n) is 8.71. The Labute approximate surface area is 228 Å². The predicted molar refractivity (Wildman–Crippen MR) is 156 cm³/mol. The van der Waals surface area contributed by atoms with Gasteiger partial charge in [0.1, 0.15) is 17.1 Å². The van der Waals surface area contributed by atoms with E-state index in [0.717, 1.165) is 86.1 Å². The number of piperazine rings is 1. The fraction of sp³-hybridized carbons (Fsp3) is 0.781. The lowest BCUT2D eigenvalue weighted by molar-refractivity contribution is -0.134. The van der Waals surface area contributed by atoms with Crippen molar-refractivity contribution in [2.24, 2.45) is 5.92 Å². The van der Waals surface area contributed by atoms with Crippen LogP contribution in [0.4, 0.5) is 0 Å². The Kier molecular flexibility index (Phi) is 12.4. The molecule has 2 atom stereocenters. The van der Waals surface area contributed by atoms with Crippen molar-refractivity contribution >= 4 is 5.97 Å². The molecule has 1 saturated heterocycles. The Morgan fingerprint density at radius 2 is 1.70 bits per heavy atom. The van der Waals surface area contributed by atoms with Crippen LogP contribution < -0.4 is 9.47 Å². The number of esters is 1. The minimum atomic E-state index is -0.130. The number of hydrogen-bond donors (Lipinski definition) is 0. The van der Waals surface area contributed by atoms with Gasteiger partial charge in [0.2, 0.25) is 0 Å². The summed E-state index contributed by atoms with van der Waals surface area (Å²) in [5.41, 5.74) is 4.35. The van der Waals surface area contributed by atoms with Crippen LogP contribution in [-0.4, -0.2) is 61.1 Å². The molecule has 5 heteroatoms. The summed E-state index contributed by atoms with van der Waals surface area (Å²) in [6.45, 7) is 18.2. The zero-order valence-corrected chi connectivity index (χ0v) is 24.3. The van der Waals surface area contributed by atoms with Crippen molar-refractivity contribution < 1.29 is 14.3 Å². The Morgan fingerprint density at radius 1 is 1.03 bits per heavy atom. The molecule has 0 aliphatic carbocycles. The van der Waals surface area contributed by atoms with E-state index in [1.54, 1.807) is 0 Å². The molecule has 2 aliphatic heterocycles. The van der Waals surface area contributed by atoms with Crippen LogP contribution in [0, 0.1) is 26.7 Å². The van der Waals surface area contributed by atoms with E-state index in [1.807, 2.05) is 0 Å². The molecule has 37 heavy (non-hydrogen) atoms. The highest BCUT2D eigenvalue weighted by atomic mass is 16.5. The molecular formula is C32H56N2O3. The standard InChI is InChI=1S/C31H52N2O3.CH4/c1-8-9-10-12-23(2)13-11-16-31(6)17-14-27-26(5)29(24(3)25(4)30(27)36-31)35-28(34)15-18-33-21-19-32(7)20-22-33;/h23H,8-22H2,1-7H3;1H4. The van der Waals surface area contributed by atoms with Crippen LogP contribution in [-0.2, 0) is 11.2 Å². The smallest absolute Gasteiger partial charge is 0.312 e. The number of carbonyl (C=O) groups excluding carboxylic acids is 1. The largest absolute Gasteiger partial charge is 0.487 e. The highest BCUT2D eigenvalue weighted by Gasteiger charge is 2.34. The number of benzene rings is 1. The molecule has 2 aliphatic rings. The van der Waals surface area contributed by atoms with Crippen molar-refractivity contribution in [3.8, 4) is 11.5 Å². The monoisotopic (exact) mass is 516 g/mol. The van der Waals surface area contributed by atoms with Gasteiger partial charge < -0.3 is 19.3 Å². The number of unbranched alkanes of at least 4 members (excludes halogenated alkanes) is 2. The molecule has 0 bridgehead atoms. The molecule has 212 valence electrons. The number of hydrogen-bond acceptors (Lipinski definition) is 5. The van der Waals surface area contributed by atoms with Crippen LogP contribution in [0.15, 0.2) is 0 Å². The molecule has 0 saturated carbocycles. The van der Waals surface area contributed by atoms with Crippen molar-refractivity contribution in [2.45, 2.75) is 119 Å². The summed E-state index contributed by atoms with van der Waals surface area (Å²) >= 11 is 0. The molecule has 1 fully saturated rings. The summed E-state index contributed by atoms with van der Waals surface area (Å²) in [6.07, 6.45) is 11.4. The Morgan fingerprint density at radius 3 is 2.38 bits per heavy atom. The van der Waals surface area contributed by atoms with E-state index in [1.165, 1.54) is 44.1 Å². The highest BCUT2D eigenvalue weighted by Crippen LogP contribution is 2.45. The summed E-state index contributed by atoms with van der Waals surface area (Å²) in [5, 5.41) is 0. The van der Waals surface area contributed by atoms with Crippen LogP contribution in [0.3, 0.4) is 0 Å². The molecule has 1 aromatic rings. The molecule has 0 N–H and O–H groups in total. The molecule has 1 aromatic carbocycles. The van der Waals surface area contributed by atoms with Gasteiger partial charge in [-0.15, -0.1) is 0 Å². The molecule has 0 spiro atoms. The van der Waals surface area contributed by atoms with Gasteiger partial charge in [-0.05, 0) is 83.0 Å². The molecule has 5 nitrogen and oxygen atoms in total. The van der Waals surface area contributed by atoms with E-state index in [0.29, 0.717) is 6.42 Å². The average molecular weight is 517 g/mol. The number of nitrogens with zero attached hydrogens (tertiary/aromatic N) is 2. The van der Waals surface area contributed by atoms with E-state index in [4.69, 9.17) is 9.47 Å². The van der Waals surface area contributed by atoms with Gasteiger partial charge in [0.05, 0.1) is 6.42 Å². The normalized spacial score (nSPS) is 21.1. The van der Waals surface area contributed by atoms with Gasteiger partial charge in [-0.25, -0.2) is 0 Å². The number of ether oxygens (including phenoxy) is 2. The van der Waals surface area contributed by atoms with Crippen LogP contribution in [0.1, 0.15) is 108 Å². The first-order chi connectivity index (χ1) is 17.1. The lowest BCUT2D eigenvalue weighted by Crippen LogP contribution is -2.45. The van der Waals surface area contributed by atoms with Gasteiger partial charge in [0.15, 0.2) is 0 Å². The Hall–Kier alpha value is -1.59. The zero-order chi connectivity index (χ0) is 26.3. The summed E-state index contributed by atoms with van der Waals surface area (Å²) in [5.74, 6) is 2.46. The number of likely N-dealkylation sites (N-methyl/N-ethyl adjacent to an activating group) is 1. The van der Waals surface area contributed by atoms with Gasteiger partial charge in [0.25, 0.3) is 0 Å². The van der Waals surface area contributed by atoms with Crippen molar-refractivity contribution in [3.05, 3.63) is 22.3 Å². The number of rotatable bonds is 12. The third-order valence-corrected chi connectivity index (χ3v) is 8.71. The second-order valence-corrected chi connectivity index (χ2v) is 11.9. The van der Waals surface area contributed by atoms with Crippen LogP contribution >= 0.6 is 0 Å². The van der Waals surface area contributed by atoms with Crippen molar-refractivity contribution in [1.29, 1.82) is 0 Å². The molecule has 2 heterocycles. The van der Waals surface area contributed by atoms with Crippen molar-refractivity contribution in [3.63, 3.8) is 0 Å². The SMILES string of the molecule is C.CCCCCC(C)CCCC1(C)CCc2c(C)c(OC(=O)CCN3CCN(C)CC3)c(C)c(C)c2O1. The fourth-order valence-corrected chi connectivity index (χ4v) is 5.81. The predicted octanol–water partition coefficient (Wildman–Crippen LogP) is 7.26. The van der Waals surface area contributed by atoms with E-state index in [-0.39, 0.29) is 19.0 Å². The van der Waals surface area contributed by atoms with Crippen molar-refractivity contribution in [2.75, 3.05) is 39.8 Å². The van der Waals surface area contributed by atoms with E-state index >= 15 is 0 Å². The first-order valence-electron chi connectivity index (χ1n) is 14.6. The number of fused-ring (bicyclic) bond motifs is 1. The Balaban J connectivity index is 0.00000481. The van der Waals surface area contributed by atoms with E-state index < -0.39 is 0 Å². The molecule has 3 rings (SSSR count). The first-order valence-corrected chi connectivity index (χ1v) is 14.6. The second-order valence-electron chi connectivity index (χ2n) is 11.9. The minimum absolute atomic E-state index is 0. The summed E-state index contributed by atoms with van der Waals surface area (Å²) in [7, 11) is 2.15. The minimum Gasteiger partial charge on any atom is -0.487 e. The topological polar surface area (TPSA) is 42.0 Å². The van der Waals surface area contributed by atoms with Crippen molar-refractivity contribution in [1.82, 2.24) is 9.80 Å². The van der Waals surface area contributed by atoms with Crippen LogP contribution in [0.2, 0.25) is 0 Å². The maximum atomic E-state index is 12.8. The maximum Gasteiger partial charge on any atom is 0.312 e. The molecule has 0 radical (unpaired) electrons. The van der Waals surface area contributed by atoms with Gasteiger partial charge in [0, 0.05) is 38.3 Å². The van der Waals surface area contributed by atoms with Gasteiger partial charge in [-0.1, -0.05) is 53.4 Å². The van der Waals surface area contributed by atoms with Crippen LogP contribution in [0.25, 0.3) is 0 Å². The maximum absolute atomic E-state index is 12.8. The summed E-state index contributed by atoms with van der Waals surface area (Å²) in [6, 6.07) is 0. The quantitative estimate of drug-likeness (QED) is 0.166. The van der Waals surface area contributed by atoms with E-state index in [9.17, 15) is 4.79 Å². The van der Waals surface area contributed by atoms with Gasteiger partial charge in [-0.2, -0.15) is 0 Å². The molecule has 0 aromatic heterocycles. The lowest BCUT2D eigenvalue weighted by atomic mass is 9.84. The molecule has 2 unspecified atom stereocenters. The third kappa shape index (κ3) is 8.71. The zero-order valence-electron chi connectivity index (χ0n) is 24.3. The van der Waals surface area contributed by atoms with Gasteiger partial charge in [-0.3, -0.25) is 4.79 Å². The highest BCUT2D eigenvalue weighted by molar-refractivity contribution is 5.74. The van der Waals surface area contributed by atoms with Gasteiger partial charge >= 0.3 is 5.97 Å². The summed E-state index contributed by atoms with van der Waals surface area (Å²) in [4.78, 5) is 17.5. The average Bonchev–Trinajstić information content (AvgIpc) is 2.85. The lowest BCUT2D eigenvalue weighted by Gasteiger charge is -2.38. The fourth-order valence-electron chi connectivity index (χ4n) is 5.81. The summed E-state index contributed by atoms with van der Waals surface area (Å²) < 4.78 is 12.7. The second kappa shape index (κ2) is 14.5. The van der Waals surface area contributed by atoms with E-state index in [2.05, 4.69) is 58.4 Å². The Bertz CT molecular complexity index is 876. The molecule has 0 amide bonds. The molecular weight excluding hydrogens is 460 g/mol. The first kappa shape index (κ1) is 31.6. The number of carbonyl (C=O) groups is 1. The van der Waals surface area contributed by atoms with Crippen LogP contribution in [0.5, 0.6) is 11.5 Å².